The monoisotopic (exact) mass is 537 g/mol. The molecule has 2 aromatic carbocycles. The molecule has 0 atom stereocenters. The lowest BCUT2D eigenvalue weighted by Crippen LogP contribution is -2.17. The molecule has 0 spiro atoms. The largest absolute Gasteiger partial charge is 0.573 e. The lowest BCUT2D eigenvalue weighted by molar-refractivity contribution is -0.274. The van der Waals surface area contributed by atoms with Crippen LogP contribution >= 0.6 is 23.2 Å². The summed E-state index contributed by atoms with van der Waals surface area (Å²) in [7, 11) is 0. The molecular formula is C22H13Cl2F4N7O. The van der Waals surface area contributed by atoms with Gasteiger partial charge in [0.25, 0.3) is 0 Å². The van der Waals surface area contributed by atoms with E-state index in [1.54, 1.807) is 12.1 Å². The van der Waals surface area contributed by atoms with E-state index in [1.165, 1.54) is 42.7 Å². The zero-order valence-corrected chi connectivity index (χ0v) is 19.3. The molecule has 184 valence electrons. The Bertz CT molecular complexity index is 1360. The molecule has 0 aliphatic heterocycles. The van der Waals surface area contributed by atoms with Crippen molar-refractivity contribution in [1.82, 2.24) is 19.9 Å². The summed E-state index contributed by atoms with van der Waals surface area (Å²) in [6.07, 6.45) is -2.07. The molecule has 0 bridgehead atoms. The fourth-order valence-electron chi connectivity index (χ4n) is 2.79. The Hall–Kier alpha value is -4.03. The van der Waals surface area contributed by atoms with E-state index < -0.39 is 12.2 Å². The van der Waals surface area contributed by atoms with E-state index in [0.29, 0.717) is 16.4 Å². The maximum Gasteiger partial charge on any atom is 0.573 e. The number of hydrogen-bond acceptors (Lipinski definition) is 8. The number of hydrazone groups is 1. The van der Waals surface area contributed by atoms with Crippen LogP contribution < -0.4 is 15.5 Å². The summed E-state index contributed by atoms with van der Waals surface area (Å²) in [5.41, 5.74) is 2.98. The summed E-state index contributed by atoms with van der Waals surface area (Å²) in [6, 6.07) is 12.3. The van der Waals surface area contributed by atoms with Crippen molar-refractivity contribution in [2.24, 2.45) is 5.10 Å². The number of nitrogens with zero attached hydrogens (tertiary/aromatic N) is 5. The number of ether oxygens (including phenoxy) is 1. The maximum absolute atomic E-state index is 14.5. The Morgan fingerprint density at radius 2 is 1.67 bits per heavy atom. The predicted molar refractivity (Wildman–Crippen MR) is 127 cm³/mol. The van der Waals surface area contributed by atoms with Crippen molar-refractivity contribution >= 4 is 47.1 Å². The van der Waals surface area contributed by atoms with E-state index in [4.69, 9.17) is 23.2 Å². The van der Waals surface area contributed by atoms with Gasteiger partial charge in [-0.15, -0.1) is 13.2 Å². The highest BCUT2D eigenvalue weighted by molar-refractivity contribution is 6.33. The molecule has 0 saturated heterocycles. The van der Waals surface area contributed by atoms with Gasteiger partial charge in [-0.1, -0.05) is 29.3 Å². The molecule has 0 saturated carbocycles. The van der Waals surface area contributed by atoms with E-state index in [2.05, 4.69) is 40.5 Å². The number of alkyl halides is 3. The minimum atomic E-state index is -4.79. The number of pyridine rings is 1. The van der Waals surface area contributed by atoms with E-state index >= 15 is 0 Å². The standard InChI is InChI=1S/C22H13Cl2F4N7O/c23-13-6-9-17(29-11-13)31-20-32-19(18-15(24)2-1-3-16(18)25)33-21(34-20)35-30-10-12-4-7-14(8-5-12)36-22(26,27)28/h1-11H,(H2,29,31,32,33,34,35)/b30-10-. The third-order valence-electron chi connectivity index (χ3n) is 4.28. The van der Waals surface area contributed by atoms with Crippen LogP contribution in [-0.4, -0.2) is 32.5 Å². The number of hydrogen-bond donors (Lipinski definition) is 2. The van der Waals surface area contributed by atoms with Gasteiger partial charge < -0.3 is 10.1 Å². The quantitative estimate of drug-likeness (QED) is 0.158. The highest BCUT2D eigenvalue weighted by atomic mass is 35.5. The van der Waals surface area contributed by atoms with Crippen LogP contribution in [-0.2, 0) is 0 Å². The van der Waals surface area contributed by atoms with Crippen LogP contribution in [0.15, 0.2) is 65.9 Å². The Balaban J connectivity index is 1.60. The lowest BCUT2D eigenvalue weighted by atomic mass is 10.2. The lowest BCUT2D eigenvalue weighted by Gasteiger charge is -2.10. The zero-order chi connectivity index (χ0) is 25.7. The first-order valence-corrected chi connectivity index (χ1v) is 10.7. The smallest absolute Gasteiger partial charge is 0.406 e. The van der Waals surface area contributed by atoms with Gasteiger partial charge in [-0.3, -0.25) is 0 Å². The van der Waals surface area contributed by atoms with Crippen LogP contribution in [0.4, 0.5) is 35.3 Å². The van der Waals surface area contributed by atoms with Gasteiger partial charge in [-0.05, 0) is 54.1 Å². The first kappa shape index (κ1) is 25.1. The molecular weight excluding hydrogens is 525 g/mol. The van der Waals surface area contributed by atoms with Gasteiger partial charge in [0, 0.05) is 6.20 Å². The first-order chi connectivity index (χ1) is 17.2. The Labute approximate surface area is 211 Å². The van der Waals surface area contributed by atoms with Crippen LogP contribution in [0.5, 0.6) is 5.75 Å². The molecule has 0 aliphatic carbocycles. The Morgan fingerprint density at radius 1 is 0.917 bits per heavy atom. The second-order valence-electron chi connectivity index (χ2n) is 6.88. The number of aromatic nitrogens is 4. The molecule has 4 aromatic rings. The third-order valence-corrected chi connectivity index (χ3v) is 4.82. The predicted octanol–water partition coefficient (Wildman–Crippen LogP) is 6.47. The van der Waals surface area contributed by atoms with Crippen molar-refractivity contribution in [2.45, 2.75) is 6.36 Å². The van der Waals surface area contributed by atoms with Crippen molar-refractivity contribution < 1.29 is 22.3 Å². The summed E-state index contributed by atoms with van der Waals surface area (Å²) in [6.45, 7) is 0. The van der Waals surface area contributed by atoms with Crippen LogP contribution in [0, 0.1) is 5.82 Å². The molecule has 2 heterocycles. The van der Waals surface area contributed by atoms with Crippen molar-refractivity contribution in [3.8, 4) is 17.1 Å². The van der Waals surface area contributed by atoms with Crippen molar-refractivity contribution in [1.29, 1.82) is 0 Å². The fourth-order valence-corrected chi connectivity index (χ4v) is 3.15. The average Bonchev–Trinajstić information content (AvgIpc) is 2.81. The van der Waals surface area contributed by atoms with Gasteiger partial charge in [-0.25, -0.2) is 14.8 Å². The minimum Gasteiger partial charge on any atom is -0.406 e. The summed E-state index contributed by atoms with van der Waals surface area (Å²) in [5.74, 6) is -0.838. The van der Waals surface area contributed by atoms with Gasteiger partial charge in [0.2, 0.25) is 11.9 Å². The van der Waals surface area contributed by atoms with Gasteiger partial charge >= 0.3 is 6.36 Å². The maximum atomic E-state index is 14.5. The van der Waals surface area contributed by atoms with E-state index in [1.807, 2.05) is 0 Å². The number of nitrogens with one attached hydrogen (secondary N) is 2. The molecule has 14 heteroatoms. The topological polar surface area (TPSA) is 97.2 Å². The van der Waals surface area contributed by atoms with Crippen molar-refractivity contribution in [3.05, 3.63) is 82.2 Å². The molecule has 0 unspecified atom stereocenters. The number of benzene rings is 2. The molecule has 36 heavy (non-hydrogen) atoms. The molecule has 0 amide bonds. The summed E-state index contributed by atoms with van der Waals surface area (Å²) in [5, 5.41) is 7.33. The second kappa shape index (κ2) is 10.7. The van der Waals surface area contributed by atoms with E-state index in [9.17, 15) is 17.6 Å². The van der Waals surface area contributed by atoms with E-state index in [0.717, 1.165) is 12.1 Å². The molecule has 0 aliphatic rings. The highest BCUT2D eigenvalue weighted by Crippen LogP contribution is 2.29. The Morgan fingerprint density at radius 3 is 2.33 bits per heavy atom. The van der Waals surface area contributed by atoms with E-state index in [-0.39, 0.29) is 34.1 Å². The summed E-state index contributed by atoms with van der Waals surface area (Å²) < 4.78 is 55.2. The van der Waals surface area contributed by atoms with Gasteiger partial charge in [-0.2, -0.15) is 20.1 Å². The van der Waals surface area contributed by atoms with Crippen LogP contribution in [0.1, 0.15) is 5.56 Å². The first-order valence-electron chi connectivity index (χ1n) is 9.90. The normalized spacial score (nSPS) is 11.5. The average molecular weight is 538 g/mol. The third kappa shape index (κ3) is 6.77. The van der Waals surface area contributed by atoms with Crippen molar-refractivity contribution in [2.75, 3.05) is 10.7 Å². The van der Waals surface area contributed by atoms with Gasteiger partial charge in [0.05, 0.1) is 21.8 Å². The van der Waals surface area contributed by atoms with Crippen molar-refractivity contribution in [3.63, 3.8) is 0 Å². The number of anilines is 3. The molecule has 0 radical (unpaired) electrons. The van der Waals surface area contributed by atoms with Gasteiger partial charge in [0.1, 0.15) is 17.4 Å². The molecule has 2 aromatic heterocycles. The Kier molecular flexibility index (Phi) is 7.46. The number of halogens is 6. The van der Waals surface area contributed by atoms with Gasteiger partial charge in [0.15, 0.2) is 5.82 Å². The fraction of sp³-hybridized carbons (Fsp3) is 0.0455. The molecule has 2 N–H and O–H groups in total. The summed E-state index contributed by atoms with van der Waals surface area (Å²) in [4.78, 5) is 16.7. The molecule has 8 nitrogen and oxygen atoms in total. The summed E-state index contributed by atoms with van der Waals surface area (Å²) >= 11 is 12.0. The molecule has 4 rings (SSSR count). The van der Waals surface area contributed by atoms with Crippen LogP contribution in [0.2, 0.25) is 10.0 Å². The van der Waals surface area contributed by atoms with Crippen LogP contribution in [0.3, 0.4) is 0 Å². The minimum absolute atomic E-state index is 0.000458. The second-order valence-corrected chi connectivity index (χ2v) is 7.72. The molecule has 0 fully saturated rings. The SMILES string of the molecule is Fc1cccc(Cl)c1-c1nc(N/N=C\c2ccc(OC(F)(F)F)cc2)nc(Nc2ccc(Cl)cn2)n1. The van der Waals surface area contributed by atoms with Crippen LogP contribution in [0.25, 0.3) is 11.4 Å². The highest BCUT2D eigenvalue weighted by Gasteiger charge is 2.30. The number of rotatable bonds is 7. The zero-order valence-electron chi connectivity index (χ0n) is 17.8.